The topological polar surface area (TPSA) is 49.6 Å². The maximum absolute atomic E-state index is 12.0. The van der Waals surface area contributed by atoms with Gasteiger partial charge in [-0.25, -0.2) is 0 Å². The second kappa shape index (κ2) is 6.68. The van der Waals surface area contributed by atoms with Gasteiger partial charge < -0.3 is 10.6 Å². The molecule has 0 aromatic heterocycles. The molecule has 1 aliphatic rings. The predicted molar refractivity (Wildman–Crippen MR) is 76.7 cm³/mol. The predicted octanol–water partition coefficient (Wildman–Crippen LogP) is 1.24. The highest BCUT2D eigenvalue weighted by Crippen LogP contribution is 2.11. The second-order valence-corrected chi connectivity index (χ2v) is 5.30. The molecule has 1 unspecified atom stereocenters. The summed E-state index contributed by atoms with van der Waals surface area (Å²) in [5.74, 6) is 0.222. The van der Waals surface area contributed by atoms with Crippen molar-refractivity contribution in [3.63, 3.8) is 0 Å². The second-order valence-electron chi connectivity index (χ2n) is 5.30. The summed E-state index contributed by atoms with van der Waals surface area (Å²) in [6.45, 7) is 2.99. The molecule has 1 amide bonds. The van der Waals surface area contributed by atoms with Crippen LogP contribution < -0.4 is 5.73 Å². The summed E-state index contributed by atoms with van der Waals surface area (Å²) in [6.07, 6.45) is 2.28. The average Bonchev–Trinajstić information content (AvgIpc) is 2.93. The third-order valence-electron chi connectivity index (χ3n) is 3.60. The standard InChI is InChI=1S/C15H23N3O/c1-17(12-15(19)18-9-5-6-10-18)11-14(16)13-7-3-2-4-8-13/h2-4,7-8,14H,5-6,9-12,16H2,1H3. The van der Waals surface area contributed by atoms with E-state index in [1.807, 2.05) is 47.2 Å². The van der Waals surface area contributed by atoms with Gasteiger partial charge in [-0.2, -0.15) is 0 Å². The molecular weight excluding hydrogens is 238 g/mol. The Morgan fingerprint density at radius 3 is 2.58 bits per heavy atom. The molecule has 0 aliphatic carbocycles. The number of rotatable bonds is 5. The van der Waals surface area contributed by atoms with Gasteiger partial charge in [0.15, 0.2) is 0 Å². The summed E-state index contributed by atoms with van der Waals surface area (Å²) in [7, 11) is 1.96. The van der Waals surface area contributed by atoms with Crippen LogP contribution in [0, 0.1) is 0 Å². The molecule has 1 aliphatic heterocycles. The Balaban J connectivity index is 1.80. The zero-order valence-corrected chi connectivity index (χ0v) is 11.6. The van der Waals surface area contributed by atoms with Crippen molar-refractivity contribution in [2.75, 3.05) is 33.2 Å². The fourth-order valence-corrected chi connectivity index (χ4v) is 2.50. The van der Waals surface area contributed by atoms with Crippen molar-refractivity contribution < 1.29 is 4.79 Å². The molecule has 1 fully saturated rings. The number of amides is 1. The Kier molecular flexibility index (Phi) is 4.93. The molecule has 1 atom stereocenters. The van der Waals surface area contributed by atoms with Crippen molar-refractivity contribution >= 4 is 5.91 Å². The van der Waals surface area contributed by atoms with Gasteiger partial charge in [-0.3, -0.25) is 9.69 Å². The van der Waals surface area contributed by atoms with Crippen LogP contribution in [-0.4, -0.2) is 48.9 Å². The van der Waals surface area contributed by atoms with Gasteiger partial charge in [0.1, 0.15) is 0 Å². The Bertz CT molecular complexity index is 401. The summed E-state index contributed by atoms with van der Waals surface area (Å²) < 4.78 is 0. The van der Waals surface area contributed by atoms with Crippen LogP contribution in [0.5, 0.6) is 0 Å². The number of likely N-dealkylation sites (tertiary alicyclic amines) is 1. The highest BCUT2D eigenvalue weighted by molar-refractivity contribution is 5.78. The lowest BCUT2D eigenvalue weighted by Crippen LogP contribution is -2.39. The van der Waals surface area contributed by atoms with E-state index < -0.39 is 0 Å². The number of nitrogens with zero attached hydrogens (tertiary/aromatic N) is 2. The van der Waals surface area contributed by atoms with E-state index in [0.29, 0.717) is 13.1 Å². The summed E-state index contributed by atoms with van der Waals surface area (Å²) in [6, 6.07) is 9.98. The highest BCUT2D eigenvalue weighted by atomic mass is 16.2. The lowest BCUT2D eigenvalue weighted by atomic mass is 10.1. The number of hydrogen-bond donors (Lipinski definition) is 1. The van der Waals surface area contributed by atoms with E-state index in [-0.39, 0.29) is 11.9 Å². The molecule has 0 spiro atoms. The van der Waals surface area contributed by atoms with Crippen LogP contribution in [0.1, 0.15) is 24.4 Å². The van der Waals surface area contributed by atoms with E-state index in [1.165, 1.54) is 0 Å². The van der Waals surface area contributed by atoms with Crippen LogP contribution in [0.4, 0.5) is 0 Å². The first-order chi connectivity index (χ1) is 9.16. The van der Waals surface area contributed by atoms with Gasteiger partial charge in [0.2, 0.25) is 5.91 Å². The third kappa shape index (κ3) is 4.04. The first-order valence-corrected chi connectivity index (χ1v) is 6.93. The number of likely N-dealkylation sites (N-methyl/N-ethyl adjacent to an activating group) is 1. The van der Waals surface area contributed by atoms with Crippen molar-refractivity contribution in [2.45, 2.75) is 18.9 Å². The first-order valence-electron chi connectivity index (χ1n) is 6.93. The van der Waals surface area contributed by atoms with Crippen LogP contribution in [0.25, 0.3) is 0 Å². The van der Waals surface area contributed by atoms with Crippen molar-refractivity contribution in [1.29, 1.82) is 0 Å². The number of carbonyl (C=O) groups is 1. The molecule has 0 saturated carbocycles. The zero-order valence-electron chi connectivity index (χ0n) is 11.6. The number of benzene rings is 1. The van der Waals surface area contributed by atoms with Crippen LogP contribution in [0.3, 0.4) is 0 Å². The smallest absolute Gasteiger partial charge is 0.236 e. The first kappa shape index (κ1) is 14.0. The minimum Gasteiger partial charge on any atom is -0.342 e. The lowest BCUT2D eigenvalue weighted by molar-refractivity contribution is -0.131. The molecule has 4 heteroatoms. The minimum atomic E-state index is -0.0439. The lowest BCUT2D eigenvalue weighted by Gasteiger charge is -2.23. The van der Waals surface area contributed by atoms with E-state index in [4.69, 9.17) is 5.73 Å². The van der Waals surface area contributed by atoms with Crippen molar-refractivity contribution in [2.24, 2.45) is 5.73 Å². The average molecular weight is 261 g/mol. The zero-order chi connectivity index (χ0) is 13.7. The van der Waals surface area contributed by atoms with Crippen LogP contribution in [-0.2, 0) is 4.79 Å². The Morgan fingerprint density at radius 1 is 1.32 bits per heavy atom. The molecule has 19 heavy (non-hydrogen) atoms. The monoisotopic (exact) mass is 261 g/mol. The van der Waals surface area contributed by atoms with E-state index in [2.05, 4.69) is 0 Å². The SMILES string of the molecule is CN(CC(=O)N1CCCC1)CC(N)c1ccccc1. The maximum Gasteiger partial charge on any atom is 0.236 e. The van der Waals surface area contributed by atoms with Gasteiger partial charge in [0, 0.05) is 25.7 Å². The molecule has 2 rings (SSSR count). The van der Waals surface area contributed by atoms with E-state index in [9.17, 15) is 4.79 Å². The van der Waals surface area contributed by atoms with Crippen molar-refractivity contribution in [1.82, 2.24) is 9.80 Å². The highest BCUT2D eigenvalue weighted by Gasteiger charge is 2.19. The van der Waals surface area contributed by atoms with Crippen molar-refractivity contribution in [3.05, 3.63) is 35.9 Å². The van der Waals surface area contributed by atoms with Crippen molar-refractivity contribution in [3.8, 4) is 0 Å². The van der Waals surface area contributed by atoms with E-state index in [1.54, 1.807) is 0 Å². The summed E-state index contributed by atoms with van der Waals surface area (Å²) in [4.78, 5) is 16.0. The summed E-state index contributed by atoms with van der Waals surface area (Å²) in [5.41, 5.74) is 7.27. The maximum atomic E-state index is 12.0. The Labute approximate surface area is 115 Å². The number of hydrogen-bond acceptors (Lipinski definition) is 3. The van der Waals surface area contributed by atoms with Gasteiger partial charge >= 0.3 is 0 Å². The molecule has 1 aromatic rings. The summed E-state index contributed by atoms with van der Waals surface area (Å²) >= 11 is 0. The number of nitrogens with two attached hydrogens (primary N) is 1. The van der Waals surface area contributed by atoms with Gasteiger partial charge in [-0.1, -0.05) is 30.3 Å². The van der Waals surface area contributed by atoms with Crippen LogP contribution >= 0.6 is 0 Å². The molecule has 4 nitrogen and oxygen atoms in total. The normalized spacial score (nSPS) is 16.9. The fourth-order valence-electron chi connectivity index (χ4n) is 2.50. The van der Waals surface area contributed by atoms with Gasteiger partial charge in [-0.05, 0) is 25.5 Å². The molecule has 1 heterocycles. The summed E-state index contributed by atoms with van der Waals surface area (Å²) in [5, 5.41) is 0. The number of carbonyl (C=O) groups excluding carboxylic acids is 1. The molecule has 104 valence electrons. The molecular formula is C15H23N3O. The molecule has 0 bridgehead atoms. The molecule has 2 N–H and O–H groups in total. The molecule has 1 aromatic carbocycles. The molecule has 0 radical (unpaired) electrons. The van der Waals surface area contributed by atoms with Gasteiger partial charge in [0.25, 0.3) is 0 Å². The van der Waals surface area contributed by atoms with E-state index in [0.717, 1.165) is 31.5 Å². The minimum absolute atomic E-state index is 0.0439. The molecule has 1 saturated heterocycles. The van der Waals surface area contributed by atoms with Crippen LogP contribution in [0.15, 0.2) is 30.3 Å². The quantitative estimate of drug-likeness (QED) is 0.867. The fraction of sp³-hybridized carbons (Fsp3) is 0.533. The van der Waals surface area contributed by atoms with Crippen LogP contribution in [0.2, 0.25) is 0 Å². The largest absolute Gasteiger partial charge is 0.342 e. The Hall–Kier alpha value is -1.39. The van der Waals surface area contributed by atoms with E-state index >= 15 is 0 Å². The third-order valence-corrected chi connectivity index (χ3v) is 3.60. The Morgan fingerprint density at radius 2 is 1.95 bits per heavy atom. The van der Waals surface area contributed by atoms with Gasteiger partial charge in [0.05, 0.1) is 6.54 Å². The van der Waals surface area contributed by atoms with Gasteiger partial charge in [-0.15, -0.1) is 0 Å².